The minimum absolute atomic E-state index is 0.362. The van der Waals surface area contributed by atoms with Gasteiger partial charge in [-0.05, 0) is 14.6 Å². The molecule has 1 atom stereocenters. The van der Waals surface area contributed by atoms with Crippen LogP contribution < -0.4 is 0 Å². The zero-order chi connectivity index (χ0) is 8.55. The fourth-order valence-corrected chi connectivity index (χ4v) is 1.39. The molecule has 12 heavy (non-hydrogen) atoms. The second kappa shape index (κ2) is 2.60. The molecule has 0 aromatic carbocycles. The first-order valence-corrected chi connectivity index (χ1v) is 3.74. The topological polar surface area (TPSA) is 60.1 Å². The predicted molar refractivity (Wildman–Crippen MR) is 48.1 cm³/mol. The van der Waals surface area contributed by atoms with Gasteiger partial charge in [-0.1, -0.05) is 0 Å². The minimum atomic E-state index is 0.362. The molecule has 2 heterocycles. The Kier molecular flexibility index (Phi) is 1.59. The summed E-state index contributed by atoms with van der Waals surface area (Å²) < 4.78 is 1.66. The van der Waals surface area contributed by atoms with Crippen LogP contribution in [0.4, 0.5) is 5.69 Å². The molecule has 0 aliphatic heterocycles. The van der Waals surface area contributed by atoms with Crippen LogP contribution in [0.3, 0.4) is 0 Å². The van der Waals surface area contributed by atoms with Crippen molar-refractivity contribution in [3.05, 3.63) is 23.6 Å². The van der Waals surface area contributed by atoms with Crippen LogP contribution in [-0.2, 0) is 0 Å². The monoisotopic (exact) mass is 180 g/mol. The van der Waals surface area contributed by atoms with Gasteiger partial charge in [-0.3, -0.25) is 0 Å². The van der Waals surface area contributed by atoms with Gasteiger partial charge in [0.15, 0.2) is 0 Å². The second-order valence-electron chi connectivity index (χ2n) is 2.27. The average molecular weight is 180 g/mol. The Balaban J connectivity index is 2.91. The number of nitroso groups, excluding NO2 is 1. The Morgan fingerprint density at radius 1 is 1.58 bits per heavy atom. The van der Waals surface area contributed by atoms with Crippen LogP contribution in [0.2, 0.25) is 0 Å². The molecule has 0 spiro atoms. The quantitative estimate of drug-likeness (QED) is 0.493. The smallest absolute Gasteiger partial charge is 0.148 e. The third kappa shape index (κ3) is 0.905. The first kappa shape index (κ1) is 7.31. The summed E-state index contributed by atoms with van der Waals surface area (Å²) in [6, 6.07) is 0. The maximum absolute atomic E-state index is 10.3. The van der Waals surface area contributed by atoms with Crippen molar-refractivity contribution in [2.24, 2.45) is 5.18 Å². The lowest BCUT2D eigenvalue weighted by molar-refractivity contribution is 1.18. The number of rotatable bonds is 1. The van der Waals surface area contributed by atoms with Crippen LogP contribution >= 0.6 is 9.39 Å². The molecule has 0 saturated carbocycles. The van der Waals surface area contributed by atoms with Crippen LogP contribution in [0, 0.1) is 4.91 Å². The molecule has 2 rings (SSSR count). The van der Waals surface area contributed by atoms with E-state index in [1.54, 1.807) is 16.7 Å². The highest BCUT2D eigenvalue weighted by atomic mass is 31.0. The zero-order valence-electron chi connectivity index (χ0n) is 6.01. The van der Waals surface area contributed by atoms with E-state index in [0.29, 0.717) is 16.7 Å². The van der Waals surface area contributed by atoms with Gasteiger partial charge in [0.05, 0.1) is 5.39 Å². The molecule has 0 aliphatic carbocycles. The molecule has 0 fully saturated rings. The van der Waals surface area contributed by atoms with E-state index in [-0.39, 0.29) is 0 Å². The Labute approximate surface area is 70.1 Å². The number of hydrogen-bond donors (Lipinski definition) is 0. The molecule has 1 unspecified atom stereocenters. The van der Waals surface area contributed by atoms with Gasteiger partial charge in [0.1, 0.15) is 17.7 Å². The van der Waals surface area contributed by atoms with Crippen molar-refractivity contribution < 1.29 is 0 Å². The lowest BCUT2D eigenvalue weighted by Crippen LogP contribution is -1.80. The van der Waals surface area contributed by atoms with Crippen molar-refractivity contribution >= 4 is 26.1 Å². The van der Waals surface area contributed by atoms with Crippen molar-refractivity contribution in [2.75, 3.05) is 0 Å². The highest BCUT2D eigenvalue weighted by Gasteiger charge is 2.06. The fraction of sp³-hybridized carbons (Fsp3) is 0. The highest BCUT2D eigenvalue weighted by Crippen LogP contribution is 2.26. The normalized spacial score (nSPS) is 10.4. The third-order valence-electron chi connectivity index (χ3n) is 1.57. The molecule has 0 N–H and O–H groups in total. The lowest BCUT2D eigenvalue weighted by atomic mass is 10.4. The Morgan fingerprint density at radius 3 is 3.17 bits per heavy atom. The highest BCUT2D eigenvalue weighted by molar-refractivity contribution is 7.14. The Hall–Kier alpha value is -1.35. The second-order valence-corrected chi connectivity index (χ2v) is 2.83. The third-order valence-corrected chi connectivity index (χ3v) is 1.97. The maximum Gasteiger partial charge on any atom is 0.148 e. The van der Waals surface area contributed by atoms with Gasteiger partial charge in [-0.15, -0.1) is 4.91 Å². The van der Waals surface area contributed by atoms with Gasteiger partial charge in [0.2, 0.25) is 0 Å². The van der Waals surface area contributed by atoms with Crippen LogP contribution in [0.15, 0.2) is 23.9 Å². The minimum Gasteiger partial charge on any atom is -0.315 e. The summed E-state index contributed by atoms with van der Waals surface area (Å²) in [6.45, 7) is 0. The largest absolute Gasteiger partial charge is 0.315 e. The summed E-state index contributed by atoms with van der Waals surface area (Å²) in [5.74, 6) is 0. The molecular weight excluding hydrogens is 175 g/mol. The first-order chi connectivity index (χ1) is 5.83. The molecule has 60 valence electrons. The molecule has 2 aromatic heterocycles. The van der Waals surface area contributed by atoms with Crippen molar-refractivity contribution in [1.29, 1.82) is 0 Å². The number of aromatic nitrogens is 3. The molecule has 0 radical (unpaired) electrons. The SMILES string of the molecule is O=Nc1cn(P)c2ncncc12. The van der Waals surface area contributed by atoms with Crippen LogP contribution in [-0.4, -0.2) is 14.3 Å². The van der Waals surface area contributed by atoms with Crippen LogP contribution in [0.25, 0.3) is 11.0 Å². The van der Waals surface area contributed by atoms with Gasteiger partial charge in [-0.2, -0.15) is 0 Å². The van der Waals surface area contributed by atoms with Crippen molar-refractivity contribution in [3.63, 3.8) is 0 Å². The number of hydrogen-bond acceptors (Lipinski definition) is 4. The zero-order valence-corrected chi connectivity index (χ0v) is 7.16. The van der Waals surface area contributed by atoms with Gasteiger partial charge in [0, 0.05) is 12.4 Å². The van der Waals surface area contributed by atoms with Crippen molar-refractivity contribution in [3.8, 4) is 0 Å². The summed E-state index contributed by atoms with van der Waals surface area (Å²) in [6.07, 6.45) is 4.59. The first-order valence-electron chi connectivity index (χ1n) is 3.22. The van der Waals surface area contributed by atoms with E-state index in [9.17, 15) is 4.91 Å². The number of nitrogens with zero attached hydrogens (tertiary/aromatic N) is 4. The van der Waals surface area contributed by atoms with E-state index in [0.717, 1.165) is 0 Å². The van der Waals surface area contributed by atoms with Crippen molar-refractivity contribution in [2.45, 2.75) is 0 Å². The molecule has 5 nitrogen and oxygen atoms in total. The average Bonchev–Trinajstić information content (AvgIpc) is 2.44. The summed E-state index contributed by atoms with van der Waals surface area (Å²) in [5.41, 5.74) is 1.05. The predicted octanol–water partition coefficient (Wildman–Crippen LogP) is 1.47. The van der Waals surface area contributed by atoms with E-state index in [1.165, 1.54) is 6.33 Å². The summed E-state index contributed by atoms with van der Waals surface area (Å²) >= 11 is 0. The molecule has 0 amide bonds. The molecule has 0 aliphatic rings. The maximum atomic E-state index is 10.3. The fourth-order valence-electron chi connectivity index (χ4n) is 1.04. The Morgan fingerprint density at radius 2 is 2.42 bits per heavy atom. The Bertz CT molecular complexity index is 438. The van der Waals surface area contributed by atoms with Gasteiger partial charge in [-0.25, -0.2) is 9.97 Å². The van der Waals surface area contributed by atoms with E-state index in [1.807, 2.05) is 0 Å². The van der Waals surface area contributed by atoms with Crippen LogP contribution in [0.1, 0.15) is 0 Å². The number of fused-ring (bicyclic) bond motifs is 1. The standard InChI is InChI=1S/C6H5N4OP/c11-9-5-2-10(12)6-4(5)1-7-3-8-6/h1-3H,12H2. The summed E-state index contributed by atoms with van der Waals surface area (Å²) in [5, 5.41) is 3.52. The van der Waals surface area contributed by atoms with Crippen LogP contribution in [0.5, 0.6) is 0 Å². The van der Waals surface area contributed by atoms with Gasteiger partial charge < -0.3 is 4.34 Å². The molecule has 0 bridgehead atoms. The molecule has 6 heteroatoms. The van der Waals surface area contributed by atoms with E-state index >= 15 is 0 Å². The van der Waals surface area contributed by atoms with E-state index in [2.05, 4.69) is 24.5 Å². The van der Waals surface area contributed by atoms with Crippen molar-refractivity contribution in [1.82, 2.24) is 14.3 Å². The molecule has 0 saturated heterocycles. The van der Waals surface area contributed by atoms with Gasteiger partial charge >= 0.3 is 0 Å². The lowest BCUT2D eigenvalue weighted by Gasteiger charge is -1.90. The molecule has 2 aromatic rings. The van der Waals surface area contributed by atoms with E-state index in [4.69, 9.17) is 0 Å². The molecular formula is C6H5N4OP. The van der Waals surface area contributed by atoms with Gasteiger partial charge in [0.25, 0.3) is 0 Å². The summed E-state index contributed by atoms with van der Waals surface area (Å²) in [4.78, 5) is 18.1. The van der Waals surface area contributed by atoms with E-state index < -0.39 is 0 Å². The summed E-state index contributed by atoms with van der Waals surface area (Å²) in [7, 11) is 2.42.